The summed E-state index contributed by atoms with van der Waals surface area (Å²) in [5, 5.41) is 0. The van der Waals surface area contributed by atoms with Crippen molar-refractivity contribution in [2.24, 2.45) is 0 Å². The van der Waals surface area contributed by atoms with E-state index in [-0.39, 0.29) is 18.2 Å². The Morgan fingerprint density at radius 3 is 2.39 bits per heavy atom. The molecule has 0 aliphatic carbocycles. The summed E-state index contributed by atoms with van der Waals surface area (Å²) in [6.07, 6.45) is 6.44. The maximum Gasteiger partial charge on any atom is 0.164 e. The van der Waals surface area contributed by atoms with Gasteiger partial charge in [-0.25, -0.2) is 0 Å². The maximum atomic E-state index is 12.4. The van der Waals surface area contributed by atoms with Crippen molar-refractivity contribution >= 4 is 5.78 Å². The van der Waals surface area contributed by atoms with Gasteiger partial charge in [0.1, 0.15) is 0 Å². The number of hydrogen-bond donors (Lipinski definition) is 0. The van der Waals surface area contributed by atoms with Crippen LogP contribution in [0.5, 0.6) is 11.5 Å². The van der Waals surface area contributed by atoms with Gasteiger partial charge in [-0.3, -0.25) is 4.79 Å². The van der Waals surface area contributed by atoms with Crippen LogP contribution in [0, 0.1) is 0 Å². The second-order valence-electron chi connectivity index (χ2n) is 6.14. The molecule has 2 aliphatic heterocycles. The van der Waals surface area contributed by atoms with Gasteiger partial charge in [-0.15, -0.1) is 0 Å². The maximum absolute atomic E-state index is 12.4. The molecule has 0 spiro atoms. The van der Waals surface area contributed by atoms with E-state index in [4.69, 9.17) is 9.47 Å². The van der Waals surface area contributed by atoms with Crippen molar-refractivity contribution in [3.8, 4) is 11.5 Å². The lowest BCUT2D eigenvalue weighted by molar-refractivity contribution is -0.0000133. The van der Waals surface area contributed by atoms with Crippen LogP contribution >= 0.6 is 0 Å². The van der Waals surface area contributed by atoms with Gasteiger partial charge in [0.2, 0.25) is 0 Å². The Morgan fingerprint density at radius 1 is 0.957 bits per heavy atom. The van der Waals surface area contributed by atoms with E-state index in [1.54, 1.807) is 0 Å². The molecule has 128 valence electrons. The molecule has 0 bridgehead atoms. The van der Waals surface area contributed by atoms with Crippen LogP contribution in [-0.4, -0.2) is 43.5 Å². The van der Waals surface area contributed by atoms with Gasteiger partial charge in [0.05, 0.1) is 13.2 Å². The van der Waals surface area contributed by atoms with E-state index in [0.717, 1.165) is 50.4 Å². The molecule has 2 aliphatic rings. The van der Waals surface area contributed by atoms with Crippen LogP contribution in [0.4, 0.5) is 0 Å². The van der Waals surface area contributed by atoms with Crippen molar-refractivity contribution in [3.63, 3.8) is 0 Å². The Balaban J connectivity index is 0.00000192. The third-order valence-corrected chi connectivity index (χ3v) is 4.42. The molecule has 2 heterocycles. The van der Waals surface area contributed by atoms with Crippen molar-refractivity contribution < 1.29 is 26.7 Å². The van der Waals surface area contributed by atoms with Gasteiger partial charge >= 0.3 is 0 Å². The fraction of sp³-hybridized carbons (Fsp3) is 0.611. The molecule has 0 atom stereocenters. The van der Waals surface area contributed by atoms with Crippen LogP contribution in [0.1, 0.15) is 48.9 Å². The number of carbonyl (C=O) groups is 1. The van der Waals surface area contributed by atoms with Crippen molar-refractivity contribution in [3.05, 3.63) is 23.8 Å². The molecule has 3 rings (SSSR count). The van der Waals surface area contributed by atoms with Crippen LogP contribution in [0.3, 0.4) is 0 Å². The number of piperidine rings is 1. The Morgan fingerprint density at radius 2 is 1.65 bits per heavy atom. The van der Waals surface area contributed by atoms with Crippen molar-refractivity contribution in [1.82, 2.24) is 4.90 Å². The number of ketones is 1. The number of Topliss-reactive ketones (excluding diaryl/α,β-unsaturated/α-hetero) is 1. The average molecular weight is 339 g/mol. The molecule has 1 aromatic rings. The number of hydrogen-bond acceptors (Lipinski definition) is 4. The van der Waals surface area contributed by atoms with Crippen molar-refractivity contribution in [2.75, 3.05) is 32.8 Å². The smallest absolute Gasteiger partial charge is 0.164 e. The normalized spacial score (nSPS) is 18.4. The van der Waals surface area contributed by atoms with Gasteiger partial charge in [0.25, 0.3) is 0 Å². The lowest BCUT2D eigenvalue weighted by Gasteiger charge is -2.26. The molecule has 1 fully saturated rings. The topological polar surface area (TPSA) is 38.8 Å². The number of ether oxygens (including phenoxy) is 2. The molecular formula is C18H25ClNO3-. The van der Waals surface area contributed by atoms with E-state index in [1.807, 2.05) is 18.2 Å². The summed E-state index contributed by atoms with van der Waals surface area (Å²) in [5.41, 5.74) is 0.736. The molecule has 0 unspecified atom stereocenters. The van der Waals surface area contributed by atoms with Crippen LogP contribution in [-0.2, 0) is 0 Å². The number of nitrogens with zero attached hydrogens (tertiary/aromatic N) is 1. The highest BCUT2D eigenvalue weighted by Crippen LogP contribution is 2.30. The van der Waals surface area contributed by atoms with E-state index in [1.165, 1.54) is 19.3 Å². The first-order chi connectivity index (χ1) is 10.8. The predicted molar refractivity (Wildman–Crippen MR) is 85.9 cm³/mol. The lowest BCUT2D eigenvalue weighted by atomic mass is 10.1. The summed E-state index contributed by atoms with van der Waals surface area (Å²) in [4.78, 5) is 14.8. The first-order valence-electron chi connectivity index (χ1n) is 8.48. The van der Waals surface area contributed by atoms with E-state index in [0.29, 0.717) is 18.8 Å². The lowest BCUT2D eigenvalue weighted by Crippen LogP contribution is -3.00. The van der Waals surface area contributed by atoms with E-state index >= 15 is 0 Å². The minimum absolute atomic E-state index is 0. The third kappa shape index (κ3) is 5.11. The molecule has 0 N–H and O–H groups in total. The molecule has 1 aromatic carbocycles. The number of halogens is 1. The van der Waals surface area contributed by atoms with Crippen LogP contribution in [0.15, 0.2) is 18.2 Å². The fourth-order valence-corrected chi connectivity index (χ4v) is 3.07. The molecule has 23 heavy (non-hydrogen) atoms. The summed E-state index contributed by atoms with van der Waals surface area (Å²) < 4.78 is 11.4. The zero-order chi connectivity index (χ0) is 15.2. The summed E-state index contributed by atoms with van der Waals surface area (Å²) >= 11 is 0. The van der Waals surface area contributed by atoms with Gasteiger partial charge in [-0.1, -0.05) is 6.42 Å². The largest absolute Gasteiger partial charge is 1.00 e. The summed E-state index contributed by atoms with van der Waals surface area (Å²) in [7, 11) is 0. The molecule has 0 radical (unpaired) electrons. The van der Waals surface area contributed by atoms with Gasteiger partial charge in [-0.2, -0.15) is 0 Å². The van der Waals surface area contributed by atoms with Gasteiger partial charge in [-0.05, 0) is 57.0 Å². The molecule has 0 amide bonds. The zero-order valence-corrected chi connectivity index (χ0v) is 14.3. The first-order valence-corrected chi connectivity index (χ1v) is 8.48. The van der Waals surface area contributed by atoms with Crippen LogP contribution in [0.2, 0.25) is 0 Å². The van der Waals surface area contributed by atoms with E-state index in [9.17, 15) is 4.79 Å². The number of likely N-dealkylation sites (tertiary alicyclic amines) is 1. The number of rotatable bonds is 4. The fourth-order valence-electron chi connectivity index (χ4n) is 3.07. The molecule has 0 aromatic heterocycles. The Hall–Kier alpha value is -1.26. The highest BCUT2D eigenvalue weighted by atomic mass is 35.5. The van der Waals surface area contributed by atoms with Crippen LogP contribution < -0.4 is 21.9 Å². The highest BCUT2D eigenvalue weighted by Gasteiger charge is 2.15. The van der Waals surface area contributed by atoms with Gasteiger partial charge < -0.3 is 26.8 Å². The highest BCUT2D eigenvalue weighted by molar-refractivity contribution is 5.96. The Labute approximate surface area is 144 Å². The molecule has 4 nitrogen and oxygen atoms in total. The number of carbonyl (C=O) groups excluding carboxylic acids is 1. The van der Waals surface area contributed by atoms with Crippen LogP contribution in [0.25, 0.3) is 0 Å². The monoisotopic (exact) mass is 338 g/mol. The Kier molecular flexibility index (Phi) is 7.18. The van der Waals surface area contributed by atoms with E-state index in [2.05, 4.69) is 4.90 Å². The number of fused-ring (bicyclic) bond motifs is 1. The Bertz CT molecular complexity index is 515. The standard InChI is InChI=1S/C18H25NO3.ClH/c20-16(8-11-19-9-2-1-3-10-19)15-6-7-17-18(14-15)22-13-5-4-12-21-17;/h6-7,14H,1-5,8-13H2;1H/p-1. The van der Waals surface area contributed by atoms with Gasteiger partial charge in [0, 0.05) is 18.5 Å². The minimum Gasteiger partial charge on any atom is -1.00 e. The zero-order valence-electron chi connectivity index (χ0n) is 13.6. The van der Waals surface area contributed by atoms with Crippen molar-refractivity contribution in [2.45, 2.75) is 38.5 Å². The van der Waals surface area contributed by atoms with Gasteiger partial charge in [0.15, 0.2) is 17.3 Å². The summed E-state index contributed by atoms with van der Waals surface area (Å²) in [6, 6.07) is 5.58. The SMILES string of the molecule is O=C(CCN1CCCCC1)c1ccc2c(c1)OCCCCO2.[Cl-]. The number of benzene rings is 1. The second kappa shape index (κ2) is 9.14. The van der Waals surface area contributed by atoms with Crippen molar-refractivity contribution in [1.29, 1.82) is 0 Å². The average Bonchev–Trinajstić information content (AvgIpc) is 2.54. The molecule has 1 saturated heterocycles. The molecule has 5 heteroatoms. The minimum atomic E-state index is 0. The third-order valence-electron chi connectivity index (χ3n) is 4.42. The predicted octanol–water partition coefficient (Wildman–Crippen LogP) is 0.301. The van der Waals surface area contributed by atoms with E-state index < -0.39 is 0 Å². The summed E-state index contributed by atoms with van der Waals surface area (Å²) in [6.45, 7) is 4.55. The first kappa shape index (κ1) is 18.1. The second-order valence-corrected chi connectivity index (χ2v) is 6.14. The quantitative estimate of drug-likeness (QED) is 0.740. The summed E-state index contributed by atoms with van der Waals surface area (Å²) in [5.74, 6) is 1.66. The molecular weight excluding hydrogens is 314 g/mol. The molecule has 0 saturated carbocycles.